The molecule has 1 heterocycles. The molecule has 1 aliphatic carbocycles. The van der Waals surface area contributed by atoms with Gasteiger partial charge in [-0.05, 0) is 24.7 Å². The number of aliphatic carboxylic acids is 1. The molecule has 7 nitrogen and oxygen atoms in total. The van der Waals surface area contributed by atoms with E-state index in [9.17, 15) is 19.5 Å². The van der Waals surface area contributed by atoms with Crippen LogP contribution in [0, 0.1) is 11.8 Å². The molecule has 0 aromatic heterocycles. The molecule has 0 radical (unpaired) electrons. The van der Waals surface area contributed by atoms with Gasteiger partial charge in [-0.2, -0.15) is 0 Å². The van der Waals surface area contributed by atoms with Gasteiger partial charge in [0.2, 0.25) is 5.91 Å². The summed E-state index contributed by atoms with van der Waals surface area (Å²) in [5.41, 5.74) is 0. The third kappa shape index (κ3) is 2.96. The average molecular weight is 297 g/mol. The summed E-state index contributed by atoms with van der Waals surface area (Å²) in [7, 11) is 4.79. The number of carbonyl (C=O) groups excluding carboxylic acids is 2. The molecule has 3 unspecified atom stereocenters. The van der Waals surface area contributed by atoms with Crippen molar-refractivity contribution in [2.24, 2.45) is 11.8 Å². The van der Waals surface area contributed by atoms with Crippen LogP contribution in [0.4, 0.5) is 4.79 Å². The lowest BCUT2D eigenvalue weighted by molar-refractivity contribution is -0.142. The smallest absolute Gasteiger partial charge is 0.326 e. The molecule has 0 aromatic carbocycles. The minimum atomic E-state index is -0.940. The van der Waals surface area contributed by atoms with Crippen LogP contribution < -0.4 is 0 Å². The predicted molar refractivity (Wildman–Crippen MR) is 75.7 cm³/mol. The van der Waals surface area contributed by atoms with Crippen LogP contribution in [0.15, 0.2) is 0 Å². The molecular formula is C14H23N3O4. The molecule has 2 fully saturated rings. The van der Waals surface area contributed by atoms with Gasteiger partial charge in [0, 0.05) is 27.7 Å². The van der Waals surface area contributed by atoms with Crippen LogP contribution in [-0.4, -0.2) is 78.0 Å². The number of rotatable bonds is 3. The summed E-state index contributed by atoms with van der Waals surface area (Å²) in [6, 6.07) is -1.12. The second-order valence-corrected chi connectivity index (χ2v) is 6.22. The molecule has 2 rings (SSSR count). The Kier molecular flexibility index (Phi) is 4.39. The van der Waals surface area contributed by atoms with E-state index in [0.717, 1.165) is 19.3 Å². The molecule has 1 saturated heterocycles. The van der Waals surface area contributed by atoms with Crippen LogP contribution in [0.25, 0.3) is 0 Å². The van der Waals surface area contributed by atoms with Gasteiger partial charge >= 0.3 is 12.0 Å². The van der Waals surface area contributed by atoms with Crippen molar-refractivity contribution >= 4 is 17.9 Å². The fourth-order valence-electron chi connectivity index (χ4n) is 3.45. The van der Waals surface area contributed by atoms with E-state index in [4.69, 9.17) is 0 Å². The van der Waals surface area contributed by atoms with Gasteiger partial charge in [0.15, 0.2) is 0 Å². The summed E-state index contributed by atoms with van der Waals surface area (Å²) in [5.74, 6) is -0.778. The molecule has 0 spiro atoms. The molecule has 1 saturated carbocycles. The van der Waals surface area contributed by atoms with E-state index in [1.807, 2.05) is 0 Å². The second kappa shape index (κ2) is 5.91. The number of likely N-dealkylation sites (N-methyl/N-ethyl adjacent to an activating group) is 2. The number of amides is 3. The first-order chi connectivity index (χ1) is 9.82. The van der Waals surface area contributed by atoms with Crippen molar-refractivity contribution in [2.75, 3.05) is 34.2 Å². The highest BCUT2D eigenvalue weighted by molar-refractivity contribution is 5.87. The van der Waals surface area contributed by atoms with Gasteiger partial charge in [-0.25, -0.2) is 9.59 Å². The number of carbonyl (C=O) groups is 3. The maximum Gasteiger partial charge on any atom is 0.326 e. The fraction of sp³-hybridized carbons (Fsp3) is 0.786. The third-order valence-electron chi connectivity index (χ3n) is 4.59. The molecule has 3 amide bonds. The lowest BCUT2D eigenvalue weighted by atomic mass is 9.94. The molecule has 1 aliphatic heterocycles. The zero-order valence-electron chi connectivity index (χ0n) is 12.8. The Hall–Kier alpha value is -1.79. The standard InChI is InChI=1S/C14H23N3O4/c1-15(2)11(18)8-16(3)14(21)17-7-9-5-4-6-10(9)12(17)13(19)20/h9-10,12H,4-8H2,1-3H3,(H,19,20). The molecule has 0 bridgehead atoms. The zero-order chi connectivity index (χ0) is 15.7. The highest BCUT2D eigenvalue weighted by Crippen LogP contribution is 2.42. The van der Waals surface area contributed by atoms with E-state index in [1.54, 1.807) is 14.1 Å². The molecule has 7 heteroatoms. The Labute approximate surface area is 124 Å². The highest BCUT2D eigenvalue weighted by Gasteiger charge is 2.50. The van der Waals surface area contributed by atoms with Crippen molar-refractivity contribution in [3.05, 3.63) is 0 Å². The number of urea groups is 1. The first-order valence-corrected chi connectivity index (χ1v) is 7.27. The van der Waals surface area contributed by atoms with Crippen LogP contribution in [0.1, 0.15) is 19.3 Å². The van der Waals surface area contributed by atoms with Crippen molar-refractivity contribution in [1.29, 1.82) is 0 Å². The number of hydrogen-bond donors (Lipinski definition) is 1. The fourth-order valence-corrected chi connectivity index (χ4v) is 3.45. The maximum absolute atomic E-state index is 12.5. The van der Waals surface area contributed by atoms with E-state index in [1.165, 1.54) is 21.7 Å². The summed E-state index contributed by atoms with van der Waals surface area (Å²) in [6.07, 6.45) is 2.89. The molecule has 2 aliphatic rings. The van der Waals surface area contributed by atoms with E-state index in [-0.39, 0.29) is 30.3 Å². The molecule has 1 N–H and O–H groups in total. The molecule has 21 heavy (non-hydrogen) atoms. The second-order valence-electron chi connectivity index (χ2n) is 6.22. The van der Waals surface area contributed by atoms with Gasteiger partial charge in [0.05, 0.1) is 0 Å². The van der Waals surface area contributed by atoms with Crippen LogP contribution in [0.2, 0.25) is 0 Å². The number of nitrogens with zero attached hydrogens (tertiary/aromatic N) is 3. The van der Waals surface area contributed by atoms with Crippen molar-refractivity contribution < 1.29 is 19.5 Å². The topological polar surface area (TPSA) is 81.2 Å². The Morgan fingerprint density at radius 3 is 2.43 bits per heavy atom. The van der Waals surface area contributed by atoms with E-state index >= 15 is 0 Å². The largest absolute Gasteiger partial charge is 0.480 e. The zero-order valence-corrected chi connectivity index (χ0v) is 12.8. The van der Waals surface area contributed by atoms with Crippen LogP contribution in [0.5, 0.6) is 0 Å². The van der Waals surface area contributed by atoms with Crippen LogP contribution in [0.3, 0.4) is 0 Å². The van der Waals surface area contributed by atoms with Gasteiger partial charge in [-0.3, -0.25) is 4.79 Å². The Bertz CT molecular complexity index is 452. The van der Waals surface area contributed by atoms with Crippen molar-refractivity contribution in [2.45, 2.75) is 25.3 Å². The van der Waals surface area contributed by atoms with Crippen molar-refractivity contribution in [1.82, 2.24) is 14.7 Å². The van der Waals surface area contributed by atoms with Gasteiger partial charge < -0.3 is 19.8 Å². The van der Waals surface area contributed by atoms with E-state index in [2.05, 4.69) is 0 Å². The SMILES string of the molecule is CN(C)C(=O)CN(C)C(=O)N1CC2CCCC2C1C(=O)O. The summed E-state index contributed by atoms with van der Waals surface area (Å²) < 4.78 is 0. The van der Waals surface area contributed by atoms with E-state index < -0.39 is 12.0 Å². The molecule has 118 valence electrons. The third-order valence-corrected chi connectivity index (χ3v) is 4.59. The van der Waals surface area contributed by atoms with Gasteiger partial charge in [0.1, 0.15) is 12.6 Å². The number of carboxylic acid groups (broad SMARTS) is 1. The molecular weight excluding hydrogens is 274 g/mol. The highest BCUT2D eigenvalue weighted by atomic mass is 16.4. The summed E-state index contributed by atoms with van der Waals surface area (Å²) in [4.78, 5) is 39.8. The minimum Gasteiger partial charge on any atom is -0.480 e. The molecule has 3 atom stereocenters. The molecule has 0 aromatic rings. The van der Waals surface area contributed by atoms with Crippen molar-refractivity contribution in [3.63, 3.8) is 0 Å². The normalized spacial score (nSPS) is 27.4. The van der Waals surface area contributed by atoms with Gasteiger partial charge in [-0.15, -0.1) is 0 Å². The van der Waals surface area contributed by atoms with Crippen molar-refractivity contribution in [3.8, 4) is 0 Å². The van der Waals surface area contributed by atoms with Crippen LogP contribution >= 0.6 is 0 Å². The lowest BCUT2D eigenvalue weighted by Crippen LogP contribution is -2.50. The summed E-state index contributed by atoms with van der Waals surface area (Å²) in [6.45, 7) is 0.449. The average Bonchev–Trinajstić information content (AvgIpc) is 2.96. The quantitative estimate of drug-likeness (QED) is 0.813. The number of hydrogen-bond acceptors (Lipinski definition) is 3. The first kappa shape index (κ1) is 15.6. The number of fused-ring (bicyclic) bond motifs is 1. The lowest BCUT2D eigenvalue weighted by Gasteiger charge is -2.29. The predicted octanol–water partition coefficient (Wildman–Crippen LogP) is 0.312. The van der Waals surface area contributed by atoms with Gasteiger partial charge in [-0.1, -0.05) is 6.42 Å². The summed E-state index contributed by atoms with van der Waals surface area (Å²) in [5, 5.41) is 9.44. The Morgan fingerprint density at radius 2 is 1.86 bits per heavy atom. The first-order valence-electron chi connectivity index (χ1n) is 7.27. The minimum absolute atomic E-state index is 0.0377. The monoisotopic (exact) mass is 297 g/mol. The Morgan fingerprint density at radius 1 is 1.19 bits per heavy atom. The maximum atomic E-state index is 12.5. The Balaban J connectivity index is 2.07. The van der Waals surface area contributed by atoms with Crippen LogP contribution in [-0.2, 0) is 9.59 Å². The van der Waals surface area contributed by atoms with Gasteiger partial charge in [0.25, 0.3) is 0 Å². The number of likely N-dealkylation sites (tertiary alicyclic amines) is 1. The van der Waals surface area contributed by atoms with E-state index in [0.29, 0.717) is 6.54 Å². The number of carboxylic acids is 1. The summed E-state index contributed by atoms with van der Waals surface area (Å²) >= 11 is 0.